The molecule has 5 heteroatoms. The first-order valence-corrected chi connectivity index (χ1v) is 12.5. The van der Waals surface area contributed by atoms with E-state index in [2.05, 4.69) is 52.0 Å². The smallest absolute Gasteiger partial charge is 0.200 e. The van der Waals surface area contributed by atoms with Crippen molar-refractivity contribution >= 4 is 7.37 Å². The van der Waals surface area contributed by atoms with Gasteiger partial charge in [0, 0.05) is 19.9 Å². The standard InChI is InChI=1S/C24H35O4P/c1-8-29(7,25)28-15-21-11-18(4)23(19(5)12-21)14-20-9-10-24(27-16-26-6)22(13-20)17(2)3/h9-13,17H,8,14-16H2,1-7H3. The molecule has 160 valence electrons. The number of methoxy groups -OCH3 is 1. The molecule has 29 heavy (non-hydrogen) atoms. The third-order valence-corrected chi connectivity index (χ3v) is 7.07. The molecule has 4 nitrogen and oxygen atoms in total. The van der Waals surface area contributed by atoms with Gasteiger partial charge in [-0.05, 0) is 65.6 Å². The first-order valence-electron chi connectivity index (χ1n) is 10.2. The van der Waals surface area contributed by atoms with Crippen LogP contribution in [0.15, 0.2) is 30.3 Å². The molecule has 0 heterocycles. The highest BCUT2D eigenvalue weighted by atomic mass is 31.2. The van der Waals surface area contributed by atoms with Gasteiger partial charge in [-0.2, -0.15) is 0 Å². The molecule has 1 atom stereocenters. The van der Waals surface area contributed by atoms with Gasteiger partial charge in [-0.15, -0.1) is 0 Å². The summed E-state index contributed by atoms with van der Waals surface area (Å²) < 4.78 is 28.6. The SMILES string of the molecule is CCP(C)(=O)OCc1cc(C)c(Cc2ccc(OCOC)c(C(C)C)c2)c(C)c1. The predicted octanol–water partition coefficient (Wildman–Crippen LogP) is 6.44. The van der Waals surface area contributed by atoms with E-state index in [0.29, 0.717) is 18.7 Å². The van der Waals surface area contributed by atoms with Gasteiger partial charge >= 0.3 is 0 Å². The van der Waals surface area contributed by atoms with Crippen molar-refractivity contribution < 1.29 is 18.6 Å². The molecule has 0 fully saturated rings. The van der Waals surface area contributed by atoms with Crippen LogP contribution in [-0.4, -0.2) is 26.7 Å². The highest BCUT2D eigenvalue weighted by molar-refractivity contribution is 7.58. The number of ether oxygens (including phenoxy) is 2. The quantitative estimate of drug-likeness (QED) is 0.329. The van der Waals surface area contributed by atoms with Crippen LogP contribution in [0.1, 0.15) is 60.1 Å². The lowest BCUT2D eigenvalue weighted by Gasteiger charge is -2.18. The zero-order chi connectivity index (χ0) is 21.6. The van der Waals surface area contributed by atoms with Gasteiger partial charge in [0.25, 0.3) is 0 Å². The van der Waals surface area contributed by atoms with Crippen molar-refractivity contribution in [3.8, 4) is 5.75 Å². The van der Waals surface area contributed by atoms with Crippen molar-refractivity contribution in [1.82, 2.24) is 0 Å². The minimum absolute atomic E-state index is 0.254. The minimum atomic E-state index is -2.48. The van der Waals surface area contributed by atoms with E-state index in [-0.39, 0.29) is 6.79 Å². The van der Waals surface area contributed by atoms with Crippen molar-refractivity contribution in [3.63, 3.8) is 0 Å². The second-order valence-electron chi connectivity index (χ2n) is 8.07. The molecule has 0 amide bonds. The third-order valence-electron chi connectivity index (χ3n) is 5.24. The first kappa shape index (κ1) is 23.7. The summed E-state index contributed by atoms with van der Waals surface area (Å²) in [5.41, 5.74) is 7.32. The Morgan fingerprint density at radius 1 is 1.03 bits per heavy atom. The summed E-state index contributed by atoms with van der Waals surface area (Å²) in [5, 5.41) is 0. The Bertz CT molecular complexity index is 850. The number of rotatable bonds is 10. The molecule has 0 aliphatic rings. The summed E-state index contributed by atoms with van der Waals surface area (Å²) in [6.07, 6.45) is 1.43. The van der Waals surface area contributed by atoms with E-state index in [1.54, 1.807) is 13.8 Å². The number of hydrogen-bond acceptors (Lipinski definition) is 4. The van der Waals surface area contributed by atoms with Crippen LogP contribution in [0, 0.1) is 13.8 Å². The summed E-state index contributed by atoms with van der Waals surface area (Å²) >= 11 is 0. The fraction of sp³-hybridized carbons (Fsp3) is 0.500. The summed E-state index contributed by atoms with van der Waals surface area (Å²) in [5.74, 6) is 1.25. The van der Waals surface area contributed by atoms with Crippen molar-refractivity contribution in [2.75, 3.05) is 26.7 Å². The summed E-state index contributed by atoms with van der Waals surface area (Å²) in [6.45, 7) is 12.9. The second-order valence-corrected chi connectivity index (χ2v) is 11.0. The molecule has 2 aromatic carbocycles. The van der Waals surface area contributed by atoms with Crippen LogP contribution in [0.3, 0.4) is 0 Å². The van der Waals surface area contributed by atoms with Gasteiger partial charge in [0.2, 0.25) is 0 Å². The van der Waals surface area contributed by atoms with Crippen molar-refractivity contribution in [2.45, 2.75) is 53.6 Å². The summed E-state index contributed by atoms with van der Waals surface area (Å²) in [4.78, 5) is 0. The lowest BCUT2D eigenvalue weighted by atomic mass is 9.92. The zero-order valence-corrected chi connectivity index (χ0v) is 19.8. The van der Waals surface area contributed by atoms with Gasteiger partial charge in [0.1, 0.15) is 5.75 Å². The maximum atomic E-state index is 12.2. The molecule has 2 aromatic rings. The molecule has 0 aliphatic carbocycles. The molecule has 0 spiro atoms. The molecular weight excluding hydrogens is 383 g/mol. The molecule has 0 bridgehead atoms. The molecule has 0 N–H and O–H groups in total. The number of benzene rings is 2. The summed E-state index contributed by atoms with van der Waals surface area (Å²) in [6, 6.07) is 10.7. The zero-order valence-electron chi connectivity index (χ0n) is 18.9. The molecular formula is C24H35O4P. The van der Waals surface area contributed by atoms with E-state index in [9.17, 15) is 4.57 Å². The van der Waals surface area contributed by atoms with Crippen molar-refractivity contribution in [1.29, 1.82) is 0 Å². The lowest BCUT2D eigenvalue weighted by Crippen LogP contribution is -2.04. The Morgan fingerprint density at radius 3 is 2.24 bits per heavy atom. The van der Waals surface area contributed by atoms with Crippen LogP contribution >= 0.6 is 7.37 Å². The molecule has 1 unspecified atom stereocenters. The van der Waals surface area contributed by atoms with Crippen LogP contribution in [0.25, 0.3) is 0 Å². The topological polar surface area (TPSA) is 44.8 Å². The Morgan fingerprint density at radius 2 is 1.69 bits per heavy atom. The van der Waals surface area contributed by atoms with Crippen molar-refractivity contribution in [3.05, 3.63) is 63.7 Å². The number of hydrogen-bond donors (Lipinski definition) is 0. The molecule has 0 saturated carbocycles. The molecule has 0 saturated heterocycles. The second kappa shape index (κ2) is 10.4. The van der Waals surface area contributed by atoms with E-state index < -0.39 is 7.37 Å². The normalized spacial score (nSPS) is 13.5. The van der Waals surface area contributed by atoms with E-state index in [1.165, 1.54) is 27.8 Å². The average molecular weight is 419 g/mol. The van der Waals surface area contributed by atoms with E-state index in [0.717, 1.165) is 17.7 Å². The highest BCUT2D eigenvalue weighted by Crippen LogP contribution is 2.42. The van der Waals surface area contributed by atoms with Crippen LogP contribution < -0.4 is 4.74 Å². The number of aryl methyl sites for hydroxylation is 2. The molecule has 0 aromatic heterocycles. The van der Waals surface area contributed by atoms with Crippen LogP contribution in [-0.2, 0) is 26.9 Å². The van der Waals surface area contributed by atoms with E-state index in [4.69, 9.17) is 14.0 Å². The molecule has 0 aliphatic heterocycles. The maximum absolute atomic E-state index is 12.2. The maximum Gasteiger partial charge on any atom is 0.200 e. The largest absolute Gasteiger partial charge is 0.467 e. The summed E-state index contributed by atoms with van der Waals surface area (Å²) in [7, 11) is -0.854. The Balaban J connectivity index is 2.23. The van der Waals surface area contributed by atoms with Crippen LogP contribution in [0.4, 0.5) is 0 Å². The highest BCUT2D eigenvalue weighted by Gasteiger charge is 2.15. The lowest BCUT2D eigenvalue weighted by molar-refractivity contribution is 0.0502. The molecule has 0 radical (unpaired) electrons. The average Bonchev–Trinajstić information content (AvgIpc) is 2.68. The fourth-order valence-corrected chi connectivity index (χ4v) is 3.97. The van der Waals surface area contributed by atoms with Crippen molar-refractivity contribution in [2.24, 2.45) is 0 Å². The minimum Gasteiger partial charge on any atom is -0.467 e. The van der Waals surface area contributed by atoms with E-state index in [1.807, 2.05) is 13.0 Å². The fourth-order valence-electron chi connectivity index (χ4n) is 3.36. The Labute approximate surface area is 176 Å². The van der Waals surface area contributed by atoms with E-state index >= 15 is 0 Å². The van der Waals surface area contributed by atoms with Gasteiger partial charge < -0.3 is 14.0 Å². The molecule has 2 rings (SSSR count). The van der Waals surface area contributed by atoms with Gasteiger partial charge in [-0.1, -0.05) is 45.0 Å². The van der Waals surface area contributed by atoms with Crippen LogP contribution in [0.5, 0.6) is 5.75 Å². The predicted molar refractivity (Wildman–Crippen MR) is 121 cm³/mol. The van der Waals surface area contributed by atoms with Gasteiger partial charge in [-0.25, -0.2) is 0 Å². The first-order chi connectivity index (χ1) is 13.7. The third kappa shape index (κ3) is 6.70. The van der Waals surface area contributed by atoms with Gasteiger partial charge in [0.15, 0.2) is 14.2 Å². The van der Waals surface area contributed by atoms with Gasteiger partial charge in [-0.3, -0.25) is 4.57 Å². The van der Waals surface area contributed by atoms with Gasteiger partial charge in [0.05, 0.1) is 6.61 Å². The van der Waals surface area contributed by atoms with Crippen LogP contribution in [0.2, 0.25) is 0 Å². The Hall–Kier alpha value is -1.61. The Kier molecular flexibility index (Phi) is 8.51. The monoisotopic (exact) mass is 418 g/mol.